The second-order valence-corrected chi connectivity index (χ2v) is 5.56. The molecule has 0 aliphatic rings. The number of anilines is 3. The summed E-state index contributed by atoms with van der Waals surface area (Å²) in [6.07, 6.45) is 1.55. The van der Waals surface area contributed by atoms with Crippen molar-refractivity contribution >= 4 is 17.2 Å². The summed E-state index contributed by atoms with van der Waals surface area (Å²) in [7, 11) is 5.70. The van der Waals surface area contributed by atoms with E-state index in [9.17, 15) is 0 Å². The smallest absolute Gasteiger partial charge is 0.134 e. The van der Waals surface area contributed by atoms with Crippen LogP contribution in [0.3, 0.4) is 0 Å². The van der Waals surface area contributed by atoms with Gasteiger partial charge in [-0.1, -0.05) is 12.1 Å². The van der Waals surface area contributed by atoms with Gasteiger partial charge >= 0.3 is 0 Å². The van der Waals surface area contributed by atoms with E-state index in [4.69, 9.17) is 4.74 Å². The third-order valence-corrected chi connectivity index (χ3v) is 3.71. The van der Waals surface area contributed by atoms with Gasteiger partial charge in [-0.25, -0.2) is 9.97 Å². The largest absolute Gasteiger partial charge is 0.496 e. The van der Waals surface area contributed by atoms with Gasteiger partial charge in [0.15, 0.2) is 0 Å². The number of aromatic nitrogens is 2. The minimum absolute atomic E-state index is 0.739. The highest BCUT2D eigenvalue weighted by atomic mass is 16.5. The molecule has 1 N–H and O–H groups in total. The summed E-state index contributed by atoms with van der Waals surface area (Å²) in [5, 5.41) is 3.31. The maximum atomic E-state index is 5.41. The van der Waals surface area contributed by atoms with Gasteiger partial charge < -0.3 is 15.0 Å². The molecule has 0 aliphatic heterocycles. The molecule has 0 bridgehead atoms. The van der Waals surface area contributed by atoms with Gasteiger partial charge in [0.05, 0.1) is 12.8 Å². The number of methoxy groups -OCH3 is 1. The van der Waals surface area contributed by atoms with E-state index in [1.54, 1.807) is 13.4 Å². The molecule has 0 amide bonds. The van der Waals surface area contributed by atoms with Crippen molar-refractivity contribution in [2.45, 2.75) is 0 Å². The Bertz CT molecular complexity index is 816. The first-order valence-electron chi connectivity index (χ1n) is 7.67. The van der Waals surface area contributed by atoms with Crippen molar-refractivity contribution in [3.8, 4) is 17.0 Å². The zero-order chi connectivity index (χ0) is 16.9. The summed E-state index contributed by atoms with van der Waals surface area (Å²) in [5.74, 6) is 1.53. The minimum Gasteiger partial charge on any atom is -0.496 e. The standard InChI is InChI=1S/C19H20N4O/c1-23(2)15-10-8-14(9-11-15)22-19-12-17(20-13-21-19)16-6-4-5-7-18(16)24-3/h4-13H,1-3H3,(H,20,21,22). The van der Waals surface area contributed by atoms with Gasteiger partial charge in [0.2, 0.25) is 0 Å². The average molecular weight is 320 g/mol. The average Bonchev–Trinajstić information content (AvgIpc) is 2.62. The number of para-hydroxylation sites is 1. The van der Waals surface area contributed by atoms with Crippen LogP contribution < -0.4 is 15.0 Å². The molecule has 0 atom stereocenters. The maximum Gasteiger partial charge on any atom is 0.134 e. The number of hydrogen-bond donors (Lipinski definition) is 1. The highest BCUT2D eigenvalue weighted by molar-refractivity contribution is 5.70. The summed E-state index contributed by atoms with van der Waals surface area (Å²) in [4.78, 5) is 10.7. The fourth-order valence-corrected chi connectivity index (χ4v) is 2.42. The third-order valence-electron chi connectivity index (χ3n) is 3.71. The SMILES string of the molecule is COc1ccccc1-c1cc(Nc2ccc(N(C)C)cc2)ncn1. The molecule has 0 spiro atoms. The zero-order valence-electron chi connectivity index (χ0n) is 14.0. The van der Waals surface area contributed by atoms with Gasteiger partial charge in [-0.15, -0.1) is 0 Å². The van der Waals surface area contributed by atoms with Crippen LogP contribution in [0.5, 0.6) is 5.75 Å². The predicted octanol–water partition coefficient (Wildman–Crippen LogP) is 3.96. The lowest BCUT2D eigenvalue weighted by atomic mass is 10.1. The van der Waals surface area contributed by atoms with E-state index in [0.29, 0.717) is 0 Å². The zero-order valence-corrected chi connectivity index (χ0v) is 14.0. The third kappa shape index (κ3) is 3.46. The molecule has 122 valence electrons. The van der Waals surface area contributed by atoms with Crippen molar-refractivity contribution in [1.82, 2.24) is 9.97 Å². The topological polar surface area (TPSA) is 50.3 Å². The van der Waals surface area contributed by atoms with E-state index in [1.807, 2.05) is 56.6 Å². The Morgan fingerprint density at radius 3 is 2.42 bits per heavy atom. The Morgan fingerprint density at radius 2 is 1.71 bits per heavy atom. The quantitative estimate of drug-likeness (QED) is 0.771. The van der Waals surface area contributed by atoms with Crippen molar-refractivity contribution in [3.05, 3.63) is 60.9 Å². The lowest BCUT2D eigenvalue weighted by Crippen LogP contribution is -2.08. The van der Waals surface area contributed by atoms with Gasteiger partial charge in [-0.05, 0) is 36.4 Å². The van der Waals surface area contributed by atoms with E-state index < -0.39 is 0 Å². The molecule has 0 radical (unpaired) electrons. The molecule has 3 aromatic rings. The Hall–Kier alpha value is -3.08. The normalized spacial score (nSPS) is 10.3. The number of hydrogen-bond acceptors (Lipinski definition) is 5. The molecule has 5 nitrogen and oxygen atoms in total. The van der Waals surface area contributed by atoms with E-state index in [1.165, 1.54) is 0 Å². The van der Waals surface area contributed by atoms with Crippen LogP contribution in [0.2, 0.25) is 0 Å². The summed E-state index contributed by atoms with van der Waals surface area (Å²) in [5.41, 5.74) is 3.88. The van der Waals surface area contributed by atoms with Gasteiger partial charge in [-0.2, -0.15) is 0 Å². The first-order valence-corrected chi connectivity index (χ1v) is 7.67. The molecule has 1 heterocycles. The van der Waals surface area contributed by atoms with Crippen molar-refractivity contribution in [2.75, 3.05) is 31.4 Å². The first kappa shape index (κ1) is 15.8. The van der Waals surface area contributed by atoms with Crippen LogP contribution in [-0.2, 0) is 0 Å². The van der Waals surface area contributed by atoms with E-state index in [-0.39, 0.29) is 0 Å². The van der Waals surface area contributed by atoms with Gasteiger partial charge in [0.1, 0.15) is 17.9 Å². The van der Waals surface area contributed by atoms with Crippen molar-refractivity contribution in [2.24, 2.45) is 0 Å². The van der Waals surface area contributed by atoms with Crippen LogP contribution in [-0.4, -0.2) is 31.2 Å². The van der Waals surface area contributed by atoms with Crippen LogP contribution in [0.25, 0.3) is 11.3 Å². The Balaban J connectivity index is 1.85. The molecule has 5 heteroatoms. The monoisotopic (exact) mass is 320 g/mol. The molecule has 24 heavy (non-hydrogen) atoms. The Morgan fingerprint density at radius 1 is 0.958 bits per heavy atom. The highest BCUT2D eigenvalue weighted by Gasteiger charge is 2.08. The molecule has 1 aromatic heterocycles. The van der Waals surface area contributed by atoms with Crippen LogP contribution in [0, 0.1) is 0 Å². The summed E-state index contributed by atoms with van der Waals surface area (Å²) < 4.78 is 5.41. The lowest BCUT2D eigenvalue weighted by molar-refractivity contribution is 0.416. The molecule has 0 aliphatic carbocycles. The number of nitrogens with one attached hydrogen (secondary N) is 1. The summed E-state index contributed by atoms with van der Waals surface area (Å²) in [6.45, 7) is 0. The second-order valence-electron chi connectivity index (χ2n) is 5.56. The van der Waals surface area contributed by atoms with Gasteiger partial charge in [0.25, 0.3) is 0 Å². The second kappa shape index (κ2) is 7.00. The summed E-state index contributed by atoms with van der Waals surface area (Å²) >= 11 is 0. The molecule has 0 unspecified atom stereocenters. The number of rotatable bonds is 5. The predicted molar refractivity (Wildman–Crippen MR) is 98.1 cm³/mol. The van der Waals surface area contributed by atoms with Crippen LogP contribution in [0.4, 0.5) is 17.2 Å². The number of nitrogens with zero attached hydrogens (tertiary/aromatic N) is 3. The van der Waals surface area contributed by atoms with Crippen molar-refractivity contribution in [3.63, 3.8) is 0 Å². The van der Waals surface area contributed by atoms with Gasteiger partial charge in [-0.3, -0.25) is 0 Å². The van der Waals surface area contributed by atoms with E-state index >= 15 is 0 Å². The Labute approximate surface area is 142 Å². The van der Waals surface area contributed by atoms with Crippen molar-refractivity contribution in [1.29, 1.82) is 0 Å². The fraction of sp³-hybridized carbons (Fsp3) is 0.158. The molecule has 2 aromatic carbocycles. The summed E-state index contributed by atoms with van der Waals surface area (Å²) in [6, 6.07) is 17.9. The van der Waals surface area contributed by atoms with Crippen LogP contribution in [0.15, 0.2) is 60.9 Å². The fourth-order valence-electron chi connectivity index (χ4n) is 2.42. The number of benzene rings is 2. The van der Waals surface area contributed by atoms with Crippen LogP contribution in [0.1, 0.15) is 0 Å². The molecular formula is C19H20N4O. The molecule has 0 saturated carbocycles. The Kier molecular flexibility index (Phi) is 4.61. The van der Waals surface area contributed by atoms with E-state index in [2.05, 4.69) is 32.3 Å². The molecule has 3 rings (SSSR count). The molecule has 0 fully saturated rings. The highest BCUT2D eigenvalue weighted by Crippen LogP contribution is 2.29. The molecule has 0 saturated heterocycles. The lowest BCUT2D eigenvalue weighted by Gasteiger charge is -2.13. The maximum absolute atomic E-state index is 5.41. The van der Waals surface area contributed by atoms with E-state index in [0.717, 1.165) is 34.2 Å². The van der Waals surface area contributed by atoms with Crippen LogP contribution >= 0.6 is 0 Å². The van der Waals surface area contributed by atoms with Crippen molar-refractivity contribution < 1.29 is 4.74 Å². The molecular weight excluding hydrogens is 300 g/mol. The minimum atomic E-state index is 0.739. The van der Waals surface area contributed by atoms with Gasteiger partial charge in [0, 0.05) is 37.1 Å². The first-order chi connectivity index (χ1) is 11.7. The number of ether oxygens (including phenoxy) is 1.